The van der Waals surface area contributed by atoms with Crippen LogP contribution in [0, 0.1) is 12.7 Å². The minimum Gasteiger partial charge on any atom is -0.357 e. The molecule has 1 aliphatic heterocycles. The molecule has 0 spiro atoms. The Kier molecular flexibility index (Phi) is 3.44. The lowest BCUT2D eigenvalue weighted by Crippen LogP contribution is -2.34. The van der Waals surface area contributed by atoms with E-state index in [-0.39, 0.29) is 5.82 Å². The molecule has 0 unspecified atom stereocenters. The molecular formula is C17H18FN5. The third-order valence-electron chi connectivity index (χ3n) is 4.46. The molecule has 0 amide bonds. The molecule has 1 fully saturated rings. The number of hydrogen-bond donors (Lipinski definition) is 0. The molecule has 118 valence electrons. The SMILES string of the molecule is Cc1cc2nccc(C3CCN(c4ccc(F)cn4)CC3)n2n1. The summed E-state index contributed by atoms with van der Waals surface area (Å²) in [6.45, 7) is 3.81. The lowest BCUT2D eigenvalue weighted by molar-refractivity contribution is 0.484. The molecule has 5 nitrogen and oxygen atoms in total. The highest BCUT2D eigenvalue weighted by Gasteiger charge is 2.23. The van der Waals surface area contributed by atoms with E-state index < -0.39 is 0 Å². The number of rotatable bonds is 2. The van der Waals surface area contributed by atoms with Gasteiger partial charge < -0.3 is 4.90 Å². The van der Waals surface area contributed by atoms with Gasteiger partial charge in [-0.15, -0.1) is 0 Å². The molecule has 3 aromatic heterocycles. The summed E-state index contributed by atoms with van der Waals surface area (Å²) < 4.78 is 15.0. The number of piperidine rings is 1. The first-order valence-electron chi connectivity index (χ1n) is 7.88. The molecule has 4 rings (SSSR count). The molecule has 3 aromatic rings. The lowest BCUT2D eigenvalue weighted by Gasteiger charge is -2.32. The Morgan fingerprint density at radius 2 is 1.96 bits per heavy atom. The van der Waals surface area contributed by atoms with Crippen molar-refractivity contribution < 1.29 is 4.39 Å². The topological polar surface area (TPSA) is 46.3 Å². The van der Waals surface area contributed by atoms with E-state index in [2.05, 4.69) is 26.0 Å². The van der Waals surface area contributed by atoms with Crippen molar-refractivity contribution in [2.45, 2.75) is 25.7 Å². The molecule has 0 aliphatic carbocycles. The van der Waals surface area contributed by atoms with Crippen molar-refractivity contribution >= 4 is 11.5 Å². The van der Waals surface area contributed by atoms with E-state index >= 15 is 0 Å². The number of hydrogen-bond acceptors (Lipinski definition) is 4. The van der Waals surface area contributed by atoms with Gasteiger partial charge in [-0.25, -0.2) is 18.9 Å². The van der Waals surface area contributed by atoms with Crippen molar-refractivity contribution in [3.8, 4) is 0 Å². The Balaban J connectivity index is 1.53. The Morgan fingerprint density at radius 3 is 2.70 bits per heavy atom. The number of aryl methyl sites for hydroxylation is 1. The van der Waals surface area contributed by atoms with Gasteiger partial charge in [-0.3, -0.25) is 0 Å². The molecule has 0 N–H and O–H groups in total. The summed E-state index contributed by atoms with van der Waals surface area (Å²) in [5, 5.41) is 4.56. The first-order chi connectivity index (χ1) is 11.2. The van der Waals surface area contributed by atoms with Crippen molar-refractivity contribution in [3.05, 3.63) is 53.9 Å². The number of nitrogens with zero attached hydrogens (tertiary/aromatic N) is 5. The third kappa shape index (κ3) is 2.65. The second-order valence-corrected chi connectivity index (χ2v) is 6.02. The van der Waals surface area contributed by atoms with Gasteiger partial charge in [0.1, 0.15) is 11.6 Å². The standard InChI is InChI=1S/C17H18FN5/c1-12-10-17-19-7-4-15(23(17)21-12)13-5-8-22(9-6-13)16-3-2-14(18)11-20-16/h2-4,7,10-11,13H,5-6,8-9H2,1H3. The van der Waals surface area contributed by atoms with Gasteiger partial charge in [0.15, 0.2) is 5.65 Å². The first kappa shape index (κ1) is 14.1. The summed E-state index contributed by atoms with van der Waals surface area (Å²) in [5.74, 6) is 1.01. The fourth-order valence-electron chi connectivity index (χ4n) is 3.30. The number of halogens is 1. The average Bonchev–Trinajstić information content (AvgIpc) is 2.96. The van der Waals surface area contributed by atoms with Crippen LogP contribution in [0.5, 0.6) is 0 Å². The van der Waals surface area contributed by atoms with Crippen LogP contribution in [-0.2, 0) is 0 Å². The maximum Gasteiger partial charge on any atom is 0.155 e. The van der Waals surface area contributed by atoms with Crippen LogP contribution in [0.25, 0.3) is 5.65 Å². The van der Waals surface area contributed by atoms with Gasteiger partial charge in [0, 0.05) is 37.0 Å². The van der Waals surface area contributed by atoms with E-state index in [4.69, 9.17) is 0 Å². The predicted molar refractivity (Wildman–Crippen MR) is 86.1 cm³/mol. The van der Waals surface area contributed by atoms with Gasteiger partial charge in [0.05, 0.1) is 11.9 Å². The van der Waals surface area contributed by atoms with Crippen LogP contribution in [-0.4, -0.2) is 32.7 Å². The smallest absolute Gasteiger partial charge is 0.155 e. The Bertz CT molecular complexity index is 819. The highest BCUT2D eigenvalue weighted by Crippen LogP contribution is 2.29. The van der Waals surface area contributed by atoms with Gasteiger partial charge >= 0.3 is 0 Å². The fourth-order valence-corrected chi connectivity index (χ4v) is 3.30. The minimum atomic E-state index is -0.295. The van der Waals surface area contributed by atoms with Crippen LogP contribution in [0.1, 0.15) is 30.1 Å². The summed E-state index contributed by atoms with van der Waals surface area (Å²) >= 11 is 0. The Labute approximate surface area is 133 Å². The number of pyridine rings is 1. The number of anilines is 1. The predicted octanol–water partition coefficient (Wildman–Crippen LogP) is 2.96. The zero-order valence-corrected chi connectivity index (χ0v) is 13.0. The maximum absolute atomic E-state index is 13.0. The number of aromatic nitrogens is 4. The molecule has 1 aliphatic rings. The molecule has 0 radical (unpaired) electrons. The second-order valence-electron chi connectivity index (χ2n) is 6.02. The van der Waals surface area contributed by atoms with E-state index in [0.717, 1.165) is 43.1 Å². The van der Waals surface area contributed by atoms with Crippen molar-refractivity contribution in [1.82, 2.24) is 19.6 Å². The molecule has 0 atom stereocenters. The Hall–Kier alpha value is -2.50. The maximum atomic E-state index is 13.0. The monoisotopic (exact) mass is 311 g/mol. The van der Waals surface area contributed by atoms with E-state index in [0.29, 0.717) is 5.92 Å². The van der Waals surface area contributed by atoms with Crippen molar-refractivity contribution in [2.75, 3.05) is 18.0 Å². The van der Waals surface area contributed by atoms with Gasteiger partial charge in [-0.2, -0.15) is 5.10 Å². The zero-order valence-electron chi connectivity index (χ0n) is 13.0. The minimum absolute atomic E-state index is 0.295. The molecular weight excluding hydrogens is 293 g/mol. The molecule has 6 heteroatoms. The van der Waals surface area contributed by atoms with Crippen LogP contribution in [0.3, 0.4) is 0 Å². The second kappa shape index (κ2) is 5.61. The van der Waals surface area contributed by atoms with E-state index in [1.54, 1.807) is 6.07 Å². The van der Waals surface area contributed by atoms with Gasteiger partial charge in [-0.1, -0.05) is 0 Å². The van der Waals surface area contributed by atoms with Crippen LogP contribution in [0.4, 0.5) is 10.2 Å². The highest BCUT2D eigenvalue weighted by atomic mass is 19.1. The third-order valence-corrected chi connectivity index (χ3v) is 4.46. The summed E-state index contributed by atoms with van der Waals surface area (Å²) in [6.07, 6.45) is 5.19. The van der Waals surface area contributed by atoms with Crippen molar-refractivity contribution in [2.24, 2.45) is 0 Å². The lowest BCUT2D eigenvalue weighted by atomic mass is 9.93. The normalized spacial score (nSPS) is 16.2. The van der Waals surface area contributed by atoms with Gasteiger partial charge in [0.25, 0.3) is 0 Å². The van der Waals surface area contributed by atoms with Crippen molar-refractivity contribution in [1.29, 1.82) is 0 Å². The summed E-state index contributed by atoms with van der Waals surface area (Å²) in [6, 6.07) is 7.28. The van der Waals surface area contributed by atoms with Crippen LogP contribution in [0.15, 0.2) is 36.7 Å². The summed E-state index contributed by atoms with van der Waals surface area (Å²) in [5.41, 5.74) is 3.11. The van der Waals surface area contributed by atoms with E-state index in [1.165, 1.54) is 18.0 Å². The quantitative estimate of drug-likeness (QED) is 0.730. The molecule has 4 heterocycles. The zero-order chi connectivity index (χ0) is 15.8. The number of fused-ring (bicyclic) bond motifs is 1. The van der Waals surface area contributed by atoms with Crippen LogP contribution < -0.4 is 4.90 Å². The summed E-state index contributed by atoms with van der Waals surface area (Å²) in [7, 11) is 0. The fraction of sp³-hybridized carbons (Fsp3) is 0.353. The highest BCUT2D eigenvalue weighted by molar-refractivity contribution is 5.42. The molecule has 0 saturated carbocycles. The van der Waals surface area contributed by atoms with Crippen LogP contribution in [0.2, 0.25) is 0 Å². The molecule has 23 heavy (non-hydrogen) atoms. The summed E-state index contributed by atoms with van der Waals surface area (Å²) in [4.78, 5) is 10.8. The van der Waals surface area contributed by atoms with E-state index in [9.17, 15) is 4.39 Å². The molecule has 0 bridgehead atoms. The van der Waals surface area contributed by atoms with Gasteiger partial charge in [-0.05, 0) is 38.0 Å². The van der Waals surface area contributed by atoms with Gasteiger partial charge in [0.2, 0.25) is 0 Å². The van der Waals surface area contributed by atoms with Crippen LogP contribution >= 0.6 is 0 Å². The largest absolute Gasteiger partial charge is 0.357 e. The van der Waals surface area contributed by atoms with E-state index in [1.807, 2.05) is 23.7 Å². The molecule has 0 aromatic carbocycles. The van der Waals surface area contributed by atoms with Crippen molar-refractivity contribution in [3.63, 3.8) is 0 Å². The Morgan fingerprint density at radius 1 is 1.13 bits per heavy atom. The average molecular weight is 311 g/mol. The first-order valence-corrected chi connectivity index (χ1v) is 7.88. The molecule has 1 saturated heterocycles.